The van der Waals surface area contributed by atoms with E-state index in [-0.39, 0.29) is 17.9 Å². The van der Waals surface area contributed by atoms with Gasteiger partial charge in [0.2, 0.25) is 0 Å². The first-order chi connectivity index (χ1) is 15.9. The van der Waals surface area contributed by atoms with E-state index in [4.69, 9.17) is 9.47 Å². The highest BCUT2D eigenvalue weighted by molar-refractivity contribution is 6.46. The van der Waals surface area contributed by atoms with Gasteiger partial charge in [-0.3, -0.25) is 14.6 Å². The lowest BCUT2D eigenvalue weighted by molar-refractivity contribution is -0.140. The fourth-order valence-electron chi connectivity index (χ4n) is 4.00. The highest BCUT2D eigenvalue weighted by Crippen LogP contribution is 2.40. The van der Waals surface area contributed by atoms with E-state index >= 15 is 0 Å². The molecule has 1 unspecified atom stereocenters. The molecule has 1 amide bonds. The van der Waals surface area contributed by atoms with Crippen molar-refractivity contribution in [2.75, 3.05) is 14.2 Å². The molecule has 2 aromatic carbocycles. The zero-order chi connectivity index (χ0) is 23.5. The molecular weight excluding hydrogens is 420 g/mol. The number of aliphatic hydroxyl groups is 1. The number of hydrogen-bond donors (Lipinski definition) is 1. The minimum absolute atomic E-state index is 0.0109. The third kappa shape index (κ3) is 4.17. The number of rotatable bonds is 6. The van der Waals surface area contributed by atoms with Crippen molar-refractivity contribution in [1.29, 1.82) is 0 Å². The number of aromatic nitrogens is 1. The van der Waals surface area contributed by atoms with Gasteiger partial charge in [0.25, 0.3) is 11.7 Å². The van der Waals surface area contributed by atoms with Gasteiger partial charge in [0.15, 0.2) is 0 Å². The molecule has 7 heteroatoms. The Kier molecular flexibility index (Phi) is 6.13. The molecule has 0 aliphatic carbocycles. The molecule has 4 rings (SSSR count). The summed E-state index contributed by atoms with van der Waals surface area (Å²) < 4.78 is 10.5. The summed E-state index contributed by atoms with van der Waals surface area (Å²) in [4.78, 5) is 32.0. The normalized spacial score (nSPS) is 17.3. The summed E-state index contributed by atoms with van der Waals surface area (Å²) in [5, 5.41) is 11.2. The first-order valence-electron chi connectivity index (χ1n) is 10.4. The van der Waals surface area contributed by atoms with Gasteiger partial charge >= 0.3 is 0 Å². The van der Waals surface area contributed by atoms with E-state index in [9.17, 15) is 14.7 Å². The third-order valence-electron chi connectivity index (χ3n) is 5.69. The van der Waals surface area contributed by atoms with E-state index in [1.807, 2.05) is 19.1 Å². The van der Waals surface area contributed by atoms with E-state index in [0.29, 0.717) is 22.8 Å². The number of aliphatic hydroxyl groups excluding tert-OH is 1. The van der Waals surface area contributed by atoms with E-state index in [2.05, 4.69) is 4.98 Å². The molecule has 0 radical (unpaired) electrons. The Hall–Kier alpha value is -4.13. The number of ketones is 1. The van der Waals surface area contributed by atoms with Crippen molar-refractivity contribution in [2.24, 2.45) is 0 Å². The lowest BCUT2D eigenvalue weighted by Crippen LogP contribution is -2.29. The molecule has 1 atom stereocenters. The second-order valence-corrected chi connectivity index (χ2v) is 7.71. The molecule has 1 saturated heterocycles. The van der Waals surface area contributed by atoms with Gasteiger partial charge in [0.05, 0.1) is 25.5 Å². The van der Waals surface area contributed by atoms with Gasteiger partial charge in [-0.15, -0.1) is 0 Å². The Bertz CT molecular complexity index is 1220. The molecule has 0 spiro atoms. The highest BCUT2D eigenvalue weighted by atomic mass is 16.5. The molecule has 1 aromatic heterocycles. The van der Waals surface area contributed by atoms with Gasteiger partial charge in [-0.1, -0.05) is 18.2 Å². The van der Waals surface area contributed by atoms with Crippen molar-refractivity contribution in [1.82, 2.24) is 9.88 Å². The van der Waals surface area contributed by atoms with E-state index in [1.54, 1.807) is 68.9 Å². The Balaban J connectivity index is 1.81. The van der Waals surface area contributed by atoms with Crippen LogP contribution in [0.25, 0.3) is 5.76 Å². The molecule has 1 fully saturated rings. The second kappa shape index (κ2) is 9.16. The number of ether oxygens (including phenoxy) is 2. The standard InChI is InChI=1S/C26H24N2O5/c1-16-14-18(9-12-21(16)33-3)24(29)22-23(20-6-4-5-13-27-20)28(26(31)25(22)30)15-17-7-10-19(32-2)11-8-17/h4-14,23,29H,15H2,1-3H3/b24-22-. The number of aryl methyl sites for hydroxylation is 1. The maximum atomic E-state index is 13.1. The Morgan fingerprint density at radius 3 is 2.39 bits per heavy atom. The lowest BCUT2D eigenvalue weighted by atomic mass is 9.97. The van der Waals surface area contributed by atoms with Crippen molar-refractivity contribution in [3.63, 3.8) is 0 Å². The van der Waals surface area contributed by atoms with Crippen LogP contribution in [0, 0.1) is 6.92 Å². The fourth-order valence-corrected chi connectivity index (χ4v) is 4.00. The number of likely N-dealkylation sites (tertiary alicyclic amines) is 1. The van der Waals surface area contributed by atoms with Gasteiger partial charge in [0.1, 0.15) is 23.3 Å². The molecule has 0 saturated carbocycles. The van der Waals surface area contributed by atoms with Crippen LogP contribution in [0.4, 0.5) is 0 Å². The van der Waals surface area contributed by atoms with Crippen molar-refractivity contribution in [3.8, 4) is 11.5 Å². The van der Waals surface area contributed by atoms with Crippen LogP contribution in [0.15, 0.2) is 72.4 Å². The van der Waals surface area contributed by atoms with Gasteiger partial charge in [-0.2, -0.15) is 0 Å². The monoisotopic (exact) mass is 444 g/mol. The summed E-state index contributed by atoms with van der Waals surface area (Å²) in [6, 6.07) is 16.8. The van der Waals surface area contributed by atoms with Crippen LogP contribution in [-0.4, -0.2) is 40.9 Å². The molecule has 0 bridgehead atoms. The van der Waals surface area contributed by atoms with E-state index in [0.717, 1.165) is 11.1 Å². The van der Waals surface area contributed by atoms with E-state index < -0.39 is 17.7 Å². The summed E-state index contributed by atoms with van der Waals surface area (Å²) >= 11 is 0. The first kappa shape index (κ1) is 22.1. The summed E-state index contributed by atoms with van der Waals surface area (Å²) in [5.74, 6) is -0.324. The average Bonchev–Trinajstić information content (AvgIpc) is 3.09. The number of methoxy groups -OCH3 is 2. The molecule has 1 aliphatic heterocycles. The predicted octanol–water partition coefficient (Wildman–Crippen LogP) is 4.03. The summed E-state index contributed by atoms with van der Waals surface area (Å²) in [5.41, 5.74) is 2.55. The minimum atomic E-state index is -0.823. The molecule has 1 aliphatic rings. The third-order valence-corrected chi connectivity index (χ3v) is 5.69. The maximum Gasteiger partial charge on any atom is 0.296 e. The lowest BCUT2D eigenvalue weighted by Gasteiger charge is -2.24. The maximum absolute atomic E-state index is 13.1. The topological polar surface area (TPSA) is 89.0 Å². The Morgan fingerprint density at radius 1 is 1.03 bits per heavy atom. The number of amides is 1. The van der Waals surface area contributed by atoms with Crippen LogP contribution < -0.4 is 9.47 Å². The first-order valence-corrected chi connectivity index (χ1v) is 10.4. The van der Waals surface area contributed by atoms with Crippen molar-refractivity contribution < 1.29 is 24.2 Å². The van der Waals surface area contributed by atoms with Gasteiger partial charge in [-0.05, 0) is 60.5 Å². The van der Waals surface area contributed by atoms with Crippen LogP contribution in [0.1, 0.15) is 28.4 Å². The number of carbonyl (C=O) groups excluding carboxylic acids is 2. The molecule has 33 heavy (non-hydrogen) atoms. The van der Waals surface area contributed by atoms with Crippen LogP contribution in [0.3, 0.4) is 0 Å². The van der Waals surface area contributed by atoms with Crippen LogP contribution in [0.2, 0.25) is 0 Å². The zero-order valence-corrected chi connectivity index (χ0v) is 18.6. The number of nitrogens with zero attached hydrogens (tertiary/aromatic N) is 2. The fraction of sp³-hybridized carbons (Fsp3) is 0.192. The Labute approximate surface area is 191 Å². The smallest absolute Gasteiger partial charge is 0.296 e. The van der Waals surface area contributed by atoms with Crippen LogP contribution in [-0.2, 0) is 16.1 Å². The number of benzene rings is 2. The average molecular weight is 444 g/mol. The second-order valence-electron chi connectivity index (χ2n) is 7.71. The van der Waals surface area contributed by atoms with Gasteiger partial charge in [0, 0.05) is 18.3 Å². The van der Waals surface area contributed by atoms with Crippen molar-refractivity contribution >= 4 is 17.4 Å². The molecule has 168 valence electrons. The summed E-state index contributed by atoms with van der Waals surface area (Å²) in [6.45, 7) is 2.02. The minimum Gasteiger partial charge on any atom is -0.507 e. The Morgan fingerprint density at radius 2 is 1.79 bits per heavy atom. The molecule has 1 N–H and O–H groups in total. The number of Topliss-reactive ketones (excluding diaryl/α,β-unsaturated/α-hetero) is 1. The highest BCUT2D eigenvalue weighted by Gasteiger charge is 2.46. The molecular formula is C26H24N2O5. The molecule has 2 heterocycles. The van der Waals surface area contributed by atoms with Gasteiger partial charge < -0.3 is 19.5 Å². The van der Waals surface area contributed by atoms with Gasteiger partial charge in [-0.25, -0.2) is 0 Å². The van der Waals surface area contributed by atoms with Crippen molar-refractivity contribution in [3.05, 3.63) is 94.8 Å². The summed E-state index contributed by atoms with van der Waals surface area (Å²) in [7, 11) is 3.14. The number of pyridine rings is 1. The zero-order valence-electron chi connectivity index (χ0n) is 18.6. The number of hydrogen-bond acceptors (Lipinski definition) is 6. The number of carbonyl (C=O) groups is 2. The summed E-state index contributed by atoms with van der Waals surface area (Å²) in [6.07, 6.45) is 1.60. The van der Waals surface area contributed by atoms with Crippen LogP contribution >= 0.6 is 0 Å². The van der Waals surface area contributed by atoms with Crippen LogP contribution in [0.5, 0.6) is 11.5 Å². The van der Waals surface area contributed by atoms with Crippen molar-refractivity contribution in [2.45, 2.75) is 19.5 Å². The van der Waals surface area contributed by atoms with E-state index in [1.165, 1.54) is 4.90 Å². The molecule has 3 aromatic rings. The SMILES string of the molecule is COc1ccc(CN2C(=O)C(=O)/C(=C(\O)c3ccc(OC)c(C)c3)C2c2ccccn2)cc1. The molecule has 7 nitrogen and oxygen atoms in total. The quantitative estimate of drug-likeness (QED) is 0.351. The predicted molar refractivity (Wildman–Crippen MR) is 123 cm³/mol. The largest absolute Gasteiger partial charge is 0.507 e.